The van der Waals surface area contributed by atoms with Crippen LogP contribution in [-0.2, 0) is 17.9 Å². The van der Waals surface area contributed by atoms with E-state index in [2.05, 4.69) is 21.3 Å². The quantitative estimate of drug-likeness (QED) is 0.791. The molecule has 0 aromatic carbocycles. The first-order chi connectivity index (χ1) is 10.3. The first-order valence-corrected chi connectivity index (χ1v) is 8.48. The Morgan fingerprint density at radius 2 is 1.86 bits per heavy atom. The van der Waals surface area contributed by atoms with Gasteiger partial charge >= 0.3 is 0 Å². The third-order valence-corrected chi connectivity index (χ3v) is 4.61. The second-order valence-electron chi connectivity index (χ2n) is 6.54. The molecular formula is C17H27N3O. The van der Waals surface area contributed by atoms with Crippen molar-refractivity contribution >= 4 is 5.91 Å². The number of aromatic nitrogens is 1. The highest BCUT2D eigenvalue weighted by atomic mass is 16.2. The number of carbonyl (C=O) groups excluding carboxylic acids is 1. The van der Waals surface area contributed by atoms with E-state index in [0.29, 0.717) is 18.6 Å². The van der Waals surface area contributed by atoms with Gasteiger partial charge in [0.25, 0.3) is 0 Å². The van der Waals surface area contributed by atoms with E-state index in [-0.39, 0.29) is 5.91 Å². The van der Waals surface area contributed by atoms with Crippen molar-refractivity contribution in [1.82, 2.24) is 15.2 Å². The van der Waals surface area contributed by atoms with Crippen LogP contribution in [0.1, 0.15) is 57.1 Å². The van der Waals surface area contributed by atoms with Crippen LogP contribution in [-0.4, -0.2) is 22.6 Å². The zero-order valence-corrected chi connectivity index (χ0v) is 12.8. The molecule has 0 radical (unpaired) electrons. The number of amides is 1. The highest BCUT2D eigenvalue weighted by Gasteiger charge is 2.21. The first kappa shape index (κ1) is 14.6. The van der Waals surface area contributed by atoms with Crippen LogP contribution in [0.15, 0.2) is 18.3 Å². The standard InChI is InChI=1S/C17H27N3O/c21-17(19-15-6-3-1-2-4-7-15)13-20-11-5-8-16(20)12-18-14-9-10-14/h5,8,11,14-15,18H,1-4,6-7,9-10,12-13H2,(H,19,21). The maximum Gasteiger partial charge on any atom is 0.240 e. The smallest absolute Gasteiger partial charge is 0.240 e. The Morgan fingerprint density at radius 1 is 1.10 bits per heavy atom. The summed E-state index contributed by atoms with van der Waals surface area (Å²) in [7, 11) is 0. The third-order valence-electron chi connectivity index (χ3n) is 4.61. The van der Waals surface area contributed by atoms with Crippen LogP contribution in [0, 0.1) is 0 Å². The minimum absolute atomic E-state index is 0.158. The highest BCUT2D eigenvalue weighted by Crippen LogP contribution is 2.19. The second-order valence-corrected chi connectivity index (χ2v) is 6.54. The van der Waals surface area contributed by atoms with E-state index >= 15 is 0 Å². The summed E-state index contributed by atoms with van der Waals surface area (Å²) in [5.74, 6) is 0.158. The fourth-order valence-electron chi connectivity index (χ4n) is 3.15. The molecule has 2 N–H and O–H groups in total. The molecule has 1 amide bonds. The minimum Gasteiger partial charge on any atom is -0.352 e. The lowest BCUT2D eigenvalue weighted by atomic mass is 10.1. The summed E-state index contributed by atoms with van der Waals surface area (Å²) < 4.78 is 2.07. The lowest BCUT2D eigenvalue weighted by Crippen LogP contribution is -2.37. The van der Waals surface area contributed by atoms with Gasteiger partial charge in [0.05, 0.1) is 0 Å². The normalized spacial score (nSPS) is 20.2. The molecule has 0 saturated heterocycles. The van der Waals surface area contributed by atoms with Crippen LogP contribution in [0.25, 0.3) is 0 Å². The SMILES string of the molecule is O=C(Cn1cccc1CNC1CC1)NC1CCCCCC1. The van der Waals surface area contributed by atoms with E-state index in [1.807, 2.05) is 12.3 Å². The van der Waals surface area contributed by atoms with Gasteiger partial charge in [-0.3, -0.25) is 4.79 Å². The van der Waals surface area contributed by atoms with E-state index in [1.54, 1.807) is 0 Å². The van der Waals surface area contributed by atoms with Gasteiger partial charge in [-0.15, -0.1) is 0 Å². The van der Waals surface area contributed by atoms with Gasteiger partial charge in [-0.25, -0.2) is 0 Å². The predicted octanol–water partition coefficient (Wildman–Crippen LogP) is 2.58. The maximum atomic E-state index is 12.2. The Labute approximate surface area is 127 Å². The van der Waals surface area contributed by atoms with E-state index in [0.717, 1.165) is 19.4 Å². The summed E-state index contributed by atoms with van der Waals surface area (Å²) in [6.45, 7) is 1.32. The molecule has 0 bridgehead atoms. The van der Waals surface area contributed by atoms with Crippen LogP contribution in [0.5, 0.6) is 0 Å². The molecule has 21 heavy (non-hydrogen) atoms. The van der Waals surface area contributed by atoms with Crippen LogP contribution >= 0.6 is 0 Å². The van der Waals surface area contributed by atoms with Gasteiger partial charge in [-0.1, -0.05) is 25.7 Å². The zero-order chi connectivity index (χ0) is 14.5. The molecule has 1 aromatic heterocycles. The average Bonchev–Trinajstić information content (AvgIpc) is 3.24. The van der Waals surface area contributed by atoms with Crippen LogP contribution < -0.4 is 10.6 Å². The van der Waals surface area contributed by atoms with Crippen LogP contribution in [0.2, 0.25) is 0 Å². The minimum atomic E-state index is 0.158. The summed E-state index contributed by atoms with van der Waals surface area (Å²) >= 11 is 0. The molecule has 2 saturated carbocycles. The molecule has 0 spiro atoms. The largest absolute Gasteiger partial charge is 0.352 e. The molecule has 3 rings (SSSR count). The average molecular weight is 289 g/mol. The predicted molar refractivity (Wildman–Crippen MR) is 83.9 cm³/mol. The summed E-state index contributed by atoms with van der Waals surface area (Å²) in [6.07, 6.45) is 12.0. The summed E-state index contributed by atoms with van der Waals surface area (Å²) in [5.41, 5.74) is 1.21. The topological polar surface area (TPSA) is 46.1 Å². The van der Waals surface area contributed by atoms with Gasteiger partial charge in [0, 0.05) is 30.5 Å². The van der Waals surface area contributed by atoms with E-state index in [1.165, 1.54) is 44.2 Å². The van der Waals surface area contributed by atoms with E-state index in [4.69, 9.17) is 0 Å². The maximum absolute atomic E-state index is 12.2. The fourth-order valence-corrected chi connectivity index (χ4v) is 3.15. The van der Waals surface area contributed by atoms with Crippen molar-refractivity contribution in [2.45, 2.75) is 76.5 Å². The van der Waals surface area contributed by atoms with Crippen molar-refractivity contribution in [3.63, 3.8) is 0 Å². The number of nitrogens with zero attached hydrogens (tertiary/aromatic N) is 1. The van der Waals surface area contributed by atoms with Gasteiger partial charge in [0.2, 0.25) is 5.91 Å². The Kier molecular flexibility index (Phi) is 4.96. The lowest BCUT2D eigenvalue weighted by molar-refractivity contribution is -0.122. The molecule has 4 heteroatoms. The molecule has 1 aromatic rings. The van der Waals surface area contributed by atoms with Gasteiger partial charge < -0.3 is 15.2 Å². The lowest BCUT2D eigenvalue weighted by Gasteiger charge is -2.17. The number of hydrogen-bond donors (Lipinski definition) is 2. The molecular weight excluding hydrogens is 262 g/mol. The van der Waals surface area contributed by atoms with Crippen molar-refractivity contribution in [3.05, 3.63) is 24.0 Å². The molecule has 2 fully saturated rings. The molecule has 0 aliphatic heterocycles. The van der Waals surface area contributed by atoms with Crippen molar-refractivity contribution in [1.29, 1.82) is 0 Å². The monoisotopic (exact) mass is 289 g/mol. The Hall–Kier alpha value is -1.29. The molecule has 116 valence electrons. The van der Waals surface area contributed by atoms with Crippen LogP contribution in [0.3, 0.4) is 0 Å². The summed E-state index contributed by atoms with van der Waals surface area (Å²) in [4.78, 5) is 12.2. The number of nitrogens with one attached hydrogen (secondary N) is 2. The molecule has 2 aliphatic rings. The van der Waals surface area contributed by atoms with Crippen molar-refractivity contribution in [3.8, 4) is 0 Å². The van der Waals surface area contributed by atoms with Gasteiger partial charge in [0.1, 0.15) is 6.54 Å². The molecule has 0 atom stereocenters. The second kappa shape index (κ2) is 7.12. The van der Waals surface area contributed by atoms with Crippen molar-refractivity contribution in [2.24, 2.45) is 0 Å². The zero-order valence-electron chi connectivity index (χ0n) is 12.8. The van der Waals surface area contributed by atoms with Gasteiger partial charge in [-0.05, 0) is 37.8 Å². The van der Waals surface area contributed by atoms with Gasteiger partial charge in [-0.2, -0.15) is 0 Å². The van der Waals surface area contributed by atoms with E-state index in [9.17, 15) is 4.79 Å². The Morgan fingerprint density at radius 3 is 2.57 bits per heavy atom. The summed E-state index contributed by atoms with van der Waals surface area (Å²) in [6, 6.07) is 5.23. The number of carbonyl (C=O) groups is 1. The molecule has 4 nitrogen and oxygen atoms in total. The number of hydrogen-bond acceptors (Lipinski definition) is 2. The Balaban J connectivity index is 1.48. The fraction of sp³-hybridized carbons (Fsp3) is 0.706. The van der Waals surface area contributed by atoms with Crippen molar-refractivity contribution < 1.29 is 4.79 Å². The number of rotatable bonds is 6. The van der Waals surface area contributed by atoms with Gasteiger partial charge in [0.15, 0.2) is 0 Å². The molecule has 0 unspecified atom stereocenters. The highest BCUT2D eigenvalue weighted by molar-refractivity contribution is 5.76. The van der Waals surface area contributed by atoms with Crippen LogP contribution in [0.4, 0.5) is 0 Å². The molecule has 2 aliphatic carbocycles. The third kappa shape index (κ3) is 4.60. The summed E-state index contributed by atoms with van der Waals surface area (Å²) in [5, 5.41) is 6.73. The first-order valence-electron chi connectivity index (χ1n) is 8.48. The van der Waals surface area contributed by atoms with Crippen molar-refractivity contribution in [2.75, 3.05) is 0 Å². The molecule has 1 heterocycles. The Bertz CT molecular complexity index is 456. The van der Waals surface area contributed by atoms with E-state index < -0.39 is 0 Å².